The summed E-state index contributed by atoms with van der Waals surface area (Å²) in [4.78, 5) is 29.9. The van der Waals surface area contributed by atoms with Crippen molar-refractivity contribution in [2.45, 2.75) is 52.6 Å². The Kier molecular flexibility index (Phi) is 8.96. The highest BCUT2D eigenvalue weighted by molar-refractivity contribution is 5.97. The maximum Gasteiger partial charge on any atom is 0.254 e. The Balaban J connectivity index is 1.81. The minimum Gasteiger partial charge on any atom is -0.354 e. The Labute approximate surface area is 174 Å². The lowest BCUT2D eigenvalue weighted by atomic mass is 10.0. The lowest BCUT2D eigenvalue weighted by molar-refractivity contribution is -0.123. The molecule has 2 amide bonds. The van der Waals surface area contributed by atoms with Gasteiger partial charge >= 0.3 is 0 Å². The van der Waals surface area contributed by atoms with Crippen molar-refractivity contribution in [3.63, 3.8) is 0 Å². The van der Waals surface area contributed by atoms with E-state index in [2.05, 4.69) is 41.7 Å². The van der Waals surface area contributed by atoms with Crippen LogP contribution >= 0.6 is 0 Å². The summed E-state index contributed by atoms with van der Waals surface area (Å²) in [6, 6.07) is 7.86. The second-order valence-corrected chi connectivity index (χ2v) is 8.07. The van der Waals surface area contributed by atoms with Crippen molar-refractivity contribution in [1.29, 1.82) is 0 Å². The van der Waals surface area contributed by atoms with Crippen LogP contribution in [-0.4, -0.2) is 55.4 Å². The Morgan fingerprint density at radius 2 is 1.93 bits per heavy atom. The van der Waals surface area contributed by atoms with Gasteiger partial charge in [0.15, 0.2) is 5.96 Å². The third-order valence-corrected chi connectivity index (χ3v) is 5.01. The van der Waals surface area contributed by atoms with Crippen LogP contribution in [0.1, 0.15) is 56.0 Å². The third kappa shape index (κ3) is 7.75. The van der Waals surface area contributed by atoms with Crippen LogP contribution in [0.15, 0.2) is 29.3 Å². The fourth-order valence-corrected chi connectivity index (χ4v) is 3.28. The summed E-state index contributed by atoms with van der Waals surface area (Å²) in [6.07, 6.45) is 3.56. The highest BCUT2D eigenvalue weighted by atomic mass is 16.2. The number of nitrogens with one attached hydrogen (secondary N) is 3. The lowest BCUT2D eigenvalue weighted by Gasteiger charge is -2.26. The number of guanidine groups is 1. The van der Waals surface area contributed by atoms with Gasteiger partial charge in [0.25, 0.3) is 5.91 Å². The zero-order valence-corrected chi connectivity index (χ0v) is 18.1. The van der Waals surface area contributed by atoms with Gasteiger partial charge in [-0.15, -0.1) is 0 Å². The molecule has 1 fully saturated rings. The van der Waals surface area contributed by atoms with Gasteiger partial charge in [0.05, 0.1) is 6.54 Å². The van der Waals surface area contributed by atoms with Crippen molar-refractivity contribution in [3.05, 3.63) is 35.4 Å². The van der Waals surface area contributed by atoms with Gasteiger partial charge in [0, 0.05) is 38.3 Å². The molecule has 1 unspecified atom stereocenters. The van der Waals surface area contributed by atoms with Crippen LogP contribution in [0, 0.1) is 5.92 Å². The first kappa shape index (κ1) is 22.7. The van der Waals surface area contributed by atoms with Crippen molar-refractivity contribution in [1.82, 2.24) is 20.9 Å². The number of carbonyl (C=O) groups is 2. The minimum atomic E-state index is -0.109. The van der Waals surface area contributed by atoms with Crippen molar-refractivity contribution in [3.8, 4) is 0 Å². The van der Waals surface area contributed by atoms with E-state index in [-0.39, 0.29) is 18.4 Å². The molecule has 7 nitrogen and oxygen atoms in total. The van der Waals surface area contributed by atoms with E-state index >= 15 is 0 Å². The molecule has 1 saturated heterocycles. The van der Waals surface area contributed by atoms with E-state index < -0.39 is 0 Å². The lowest BCUT2D eigenvalue weighted by Crippen LogP contribution is -2.49. The number of hydrogen-bond donors (Lipinski definition) is 3. The molecule has 1 aliphatic heterocycles. The molecule has 29 heavy (non-hydrogen) atoms. The average molecular weight is 402 g/mol. The summed E-state index contributed by atoms with van der Waals surface area (Å²) in [5, 5.41) is 9.48. The summed E-state index contributed by atoms with van der Waals surface area (Å²) in [5.74, 6) is 1.30. The normalized spacial score (nSPS) is 15.8. The van der Waals surface area contributed by atoms with Crippen LogP contribution in [-0.2, 0) is 11.3 Å². The fourth-order valence-electron chi connectivity index (χ4n) is 3.28. The Morgan fingerprint density at radius 3 is 2.55 bits per heavy atom. The van der Waals surface area contributed by atoms with Crippen molar-refractivity contribution >= 4 is 17.8 Å². The molecule has 0 aliphatic carbocycles. The standard InChI is InChI=1S/C22H35N5O2/c1-16(2)6-5-7-17(3)26-22(23-4)25-14-18-8-10-19(11-9-18)21(29)27-13-12-24-20(28)15-27/h8-11,16-17H,5-7,12-15H2,1-4H3,(H,24,28)(H2,23,25,26). The molecular weight excluding hydrogens is 366 g/mol. The monoisotopic (exact) mass is 401 g/mol. The van der Waals surface area contributed by atoms with E-state index in [1.54, 1.807) is 11.9 Å². The quantitative estimate of drug-likeness (QED) is 0.460. The number of amides is 2. The summed E-state index contributed by atoms with van der Waals surface area (Å²) >= 11 is 0. The Morgan fingerprint density at radius 1 is 1.21 bits per heavy atom. The molecule has 1 aromatic rings. The van der Waals surface area contributed by atoms with Crippen LogP contribution in [0.25, 0.3) is 0 Å². The van der Waals surface area contributed by atoms with Gasteiger partial charge in [-0.2, -0.15) is 0 Å². The number of piperazine rings is 1. The van der Waals surface area contributed by atoms with Crippen molar-refractivity contribution in [2.75, 3.05) is 26.7 Å². The molecule has 0 bridgehead atoms. The Hall–Kier alpha value is -2.57. The zero-order valence-electron chi connectivity index (χ0n) is 18.1. The maximum atomic E-state index is 12.5. The van der Waals surface area contributed by atoms with Crippen molar-refractivity contribution < 1.29 is 9.59 Å². The average Bonchev–Trinajstić information content (AvgIpc) is 2.70. The molecular formula is C22H35N5O2. The number of aliphatic imine (C=N–C) groups is 1. The number of rotatable bonds is 8. The summed E-state index contributed by atoms with van der Waals surface area (Å²) < 4.78 is 0. The molecule has 2 rings (SSSR count). The van der Waals surface area contributed by atoms with Crippen LogP contribution < -0.4 is 16.0 Å². The minimum absolute atomic E-state index is 0.105. The molecule has 1 heterocycles. The molecule has 1 aromatic carbocycles. The molecule has 1 atom stereocenters. The smallest absolute Gasteiger partial charge is 0.254 e. The SMILES string of the molecule is CN=C(NCc1ccc(C(=O)N2CCNC(=O)C2)cc1)NC(C)CCCC(C)C. The third-order valence-electron chi connectivity index (χ3n) is 5.01. The fraction of sp³-hybridized carbons (Fsp3) is 0.591. The summed E-state index contributed by atoms with van der Waals surface area (Å²) in [6.45, 7) is 8.48. The molecule has 0 saturated carbocycles. The highest BCUT2D eigenvalue weighted by Gasteiger charge is 2.22. The first-order chi connectivity index (χ1) is 13.9. The number of benzene rings is 1. The van der Waals surface area contributed by atoms with Crippen molar-refractivity contribution in [2.24, 2.45) is 10.9 Å². The topological polar surface area (TPSA) is 85.8 Å². The molecule has 1 aliphatic rings. The number of nitrogens with zero attached hydrogens (tertiary/aromatic N) is 2. The molecule has 3 N–H and O–H groups in total. The first-order valence-corrected chi connectivity index (χ1v) is 10.5. The van der Waals surface area contributed by atoms with Crippen LogP contribution in [0.3, 0.4) is 0 Å². The second-order valence-electron chi connectivity index (χ2n) is 8.07. The number of carbonyl (C=O) groups excluding carboxylic acids is 2. The first-order valence-electron chi connectivity index (χ1n) is 10.5. The largest absolute Gasteiger partial charge is 0.354 e. The molecule has 0 radical (unpaired) electrons. The Bertz CT molecular complexity index is 700. The molecule has 7 heteroatoms. The predicted molar refractivity (Wildman–Crippen MR) is 117 cm³/mol. The summed E-state index contributed by atoms with van der Waals surface area (Å²) in [5.41, 5.74) is 1.66. The highest BCUT2D eigenvalue weighted by Crippen LogP contribution is 2.10. The maximum absolute atomic E-state index is 12.5. The van der Waals surface area contributed by atoms with E-state index in [0.717, 1.165) is 23.9 Å². The van der Waals surface area contributed by atoms with Gasteiger partial charge in [-0.3, -0.25) is 14.6 Å². The van der Waals surface area contributed by atoms with Gasteiger partial charge in [-0.1, -0.05) is 38.8 Å². The van der Waals surface area contributed by atoms with E-state index in [0.29, 0.717) is 31.2 Å². The van der Waals surface area contributed by atoms with E-state index in [1.807, 2.05) is 24.3 Å². The molecule has 0 aromatic heterocycles. The van der Waals surface area contributed by atoms with Gasteiger partial charge < -0.3 is 20.9 Å². The molecule has 0 spiro atoms. The molecule has 160 valence electrons. The van der Waals surface area contributed by atoms with Gasteiger partial charge in [0.1, 0.15) is 0 Å². The second kappa shape index (κ2) is 11.4. The number of hydrogen-bond acceptors (Lipinski definition) is 3. The summed E-state index contributed by atoms with van der Waals surface area (Å²) in [7, 11) is 1.77. The van der Waals surface area contributed by atoms with Gasteiger partial charge in [0.2, 0.25) is 5.91 Å². The van der Waals surface area contributed by atoms with Crippen LogP contribution in [0.2, 0.25) is 0 Å². The van der Waals surface area contributed by atoms with Gasteiger partial charge in [-0.25, -0.2) is 0 Å². The predicted octanol–water partition coefficient (Wildman–Crippen LogP) is 2.14. The van der Waals surface area contributed by atoms with Crippen LogP contribution in [0.4, 0.5) is 0 Å². The van der Waals surface area contributed by atoms with Gasteiger partial charge in [-0.05, 0) is 37.0 Å². The van der Waals surface area contributed by atoms with E-state index in [1.165, 1.54) is 12.8 Å². The van der Waals surface area contributed by atoms with E-state index in [4.69, 9.17) is 0 Å². The van der Waals surface area contributed by atoms with E-state index in [9.17, 15) is 9.59 Å². The zero-order chi connectivity index (χ0) is 21.2. The van der Waals surface area contributed by atoms with Crippen LogP contribution in [0.5, 0.6) is 0 Å².